The number of aliphatic hydroxyl groups excluding tert-OH is 1. The Balaban J connectivity index is 2.83. The Labute approximate surface area is 99.3 Å². The standard InChI is InChI=1S/C11H16N2O4/c1-7(13-11(15)16)3-8-4-10(17-2)12-5-9(8)6-14/h4-5,7,13-14H,3,6H2,1-2H3,(H,15,16). The van der Waals surface area contributed by atoms with Gasteiger partial charge in [-0.1, -0.05) is 0 Å². The molecule has 0 fully saturated rings. The lowest BCUT2D eigenvalue weighted by atomic mass is 10.0. The van der Waals surface area contributed by atoms with Crippen molar-refractivity contribution in [2.75, 3.05) is 7.11 Å². The van der Waals surface area contributed by atoms with Gasteiger partial charge in [-0.05, 0) is 24.5 Å². The maximum atomic E-state index is 10.5. The summed E-state index contributed by atoms with van der Waals surface area (Å²) in [6, 6.07) is 1.45. The van der Waals surface area contributed by atoms with Gasteiger partial charge in [0.2, 0.25) is 5.88 Å². The molecule has 1 aromatic heterocycles. The molecule has 0 aliphatic carbocycles. The zero-order valence-corrected chi connectivity index (χ0v) is 9.80. The van der Waals surface area contributed by atoms with Crippen LogP contribution in [0.4, 0.5) is 4.79 Å². The van der Waals surface area contributed by atoms with Gasteiger partial charge in [-0.2, -0.15) is 0 Å². The minimum atomic E-state index is -1.07. The molecule has 3 N–H and O–H groups in total. The summed E-state index contributed by atoms with van der Waals surface area (Å²) in [6.07, 6.45) is 0.937. The number of pyridine rings is 1. The van der Waals surface area contributed by atoms with Crippen LogP contribution in [0.5, 0.6) is 5.88 Å². The Bertz CT molecular complexity index is 395. The smallest absolute Gasteiger partial charge is 0.404 e. The summed E-state index contributed by atoms with van der Waals surface area (Å²) in [5.41, 5.74) is 1.49. The fraction of sp³-hybridized carbons (Fsp3) is 0.455. The van der Waals surface area contributed by atoms with Crippen molar-refractivity contribution in [3.05, 3.63) is 23.4 Å². The molecule has 0 saturated heterocycles. The lowest BCUT2D eigenvalue weighted by molar-refractivity contribution is 0.190. The van der Waals surface area contributed by atoms with Crippen molar-refractivity contribution in [2.24, 2.45) is 0 Å². The summed E-state index contributed by atoms with van der Waals surface area (Å²) in [7, 11) is 1.50. The Hall–Kier alpha value is -1.82. The highest BCUT2D eigenvalue weighted by molar-refractivity contribution is 5.64. The van der Waals surface area contributed by atoms with Crippen LogP contribution < -0.4 is 10.1 Å². The predicted molar refractivity (Wildman–Crippen MR) is 61.0 cm³/mol. The normalized spacial score (nSPS) is 11.9. The molecule has 6 heteroatoms. The molecule has 1 heterocycles. The van der Waals surface area contributed by atoms with Crippen molar-refractivity contribution in [3.63, 3.8) is 0 Å². The summed E-state index contributed by atoms with van der Waals surface area (Å²) in [5, 5.41) is 20.1. The van der Waals surface area contributed by atoms with E-state index in [9.17, 15) is 4.79 Å². The minimum Gasteiger partial charge on any atom is -0.481 e. The Morgan fingerprint density at radius 2 is 2.29 bits per heavy atom. The summed E-state index contributed by atoms with van der Waals surface area (Å²) in [6.45, 7) is 1.62. The van der Waals surface area contributed by atoms with E-state index in [1.54, 1.807) is 13.0 Å². The predicted octanol–water partition coefficient (Wildman–Crippen LogP) is 0.781. The largest absolute Gasteiger partial charge is 0.481 e. The van der Waals surface area contributed by atoms with E-state index >= 15 is 0 Å². The van der Waals surface area contributed by atoms with Gasteiger partial charge >= 0.3 is 6.09 Å². The third-order valence-electron chi connectivity index (χ3n) is 2.33. The summed E-state index contributed by atoms with van der Waals surface area (Å²) in [5.74, 6) is 0.444. The van der Waals surface area contributed by atoms with Gasteiger partial charge in [0.25, 0.3) is 0 Å². The van der Waals surface area contributed by atoms with Crippen molar-refractivity contribution in [1.29, 1.82) is 0 Å². The van der Waals surface area contributed by atoms with E-state index in [1.807, 2.05) is 0 Å². The van der Waals surface area contributed by atoms with E-state index < -0.39 is 6.09 Å². The van der Waals surface area contributed by atoms with Crippen LogP contribution in [0.1, 0.15) is 18.1 Å². The average Bonchev–Trinajstić information content (AvgIpc) is 2.27. The second-order valence-electron chi connectivity index (χ2n) is 3.71. The fourth-order valence-corrected chi connectivity index (χ4v) is 1.54. The lowest BCUT2D eigenvalue weighted by Gasteiger charge is -2.14. The first-order chi connectivity index (χ1) is 8.06. The van der Waals surface area contributed by atoms with Crippen LogP contribution in [0, 0.1) is 0 Å². The SMILES string of the molecule is COc1cc(CC(C)NC(=O)O)c(CO)cn1. The van der Waals surface area contributed by atoms with Gasteiger partial charge in [0.05, 0.1) is 13.7 Å². The van der Waals surface area contributed by atoms with Crippen molar-refractivity contribution in [1.82, 2.24) is 10.3 Å². The summed E-state index contributed by atoms with van der Waals surface area (Å²) < 4.78 is 4.99. The average molecular weight is 240 g/mol. The van der Waals surface area contributed by atoms with Crippen LogP contribution >= 0.6 is 0 Å². The van der Waals surface area contributed by atoms with Crippen molar-refractivity contribution >= 4 is 6.09 Å². The van der Waals surface area contributed by atoms with Gasteiger partial charge in [0.1, 0.15) is 0 Å². The van der Waals surface area contributed by atoms with E-state index in [0.717, 1.165) is 5.56 Å². The molecule has 0 aliphatic rings. The van der Waals surface area contributed by atoms with Gasteiger partial charge in [-0.25, -0.2) is 9.78 Å². The van der Waals surface area contributed by atoms with Crippen LogP contribution in [0.15, 0.2) is 12.3 Å². The molecule has 0 aromatic carbocycles. The zero-order valence-electron chi connectivity index (χ0n) is 9.80. The number of aromatic nitrogens is 1. The number of aliphatic hydroxyl groups is 1. The maximum absolute atomic E-state index is 10.5. The van der Waals surface area contributed by atoms with Crippen LogP contribution in [0.3, 0.4) is 0 Å². The highest BCUT2D eigenvalue weighted by Crippen LogP contribution is 2.16. The monoisotopic (exact) mass is 240 g/mol. The lowest BCUT2D eigenvalue weighted by Crippen LogP contribution is -2.32. The molecule has 1 amide bonds. The van der Waals surface area contributed by atoms with Crippen LogP contribution in [0.25, 0.3) is 0 Å². The molecule has 6 nitrogen and oxygen atoms in total. The van der Waals surface area contributed by atoms with Crippen molar-refractivity contribution in [2.45, 2.75) is 26.0 Å². The molecule has 1 rings (SSSR count). The molecular formula is C11H16N2O4. The number of amides is 1. The van der Waals surface area contributed by atoms with E-state index in [2.05, 4.69) is 10.3 Å². The summed E-state index contributed by atoms with van der Waals surface area (Å²) >= 11 is 0. The van der Waals surface area contributed by atoms with Gasteiger partial charge in [0.15, 0.2) is 0 Å². The van der Waals surface area contributed by atoms with E-state index in [-0.39, 0.29) is 12.6 Å². The number of methoxy groups -OCH3 is 1. The molecule has 0 radical (unpaired) electrons. The number of carboxylic acid groups (broad SMARTS) is 1. The third-order valence-corrected chi connectivity index (χ3v) is 2.33. The molecular weight excluding hydrogens is 224 g/mol. The number of hydrogen-bond acceptors (Lipinski definition) is 4. The molecule has 94 valence electrons. The van der Waals surface area contributed by atoms with Crippen LogP contribution in [0.2, 0.25) is 0 Å². The number of hydrogen-bond donors (Lipinski definition) is 3. The van der Waals surface area contributed by atoms with E-state index in [1.165, 1.54) is 13.3 Å². The first-order valence-corrected chi connectivity index (χ1v) is 5.19. The molecule has 17 heavy (non-hydrogen) atoms. The molecule has 0 saturated carbocycles. The van der Waals surface area contributed by atoms with Crippen LogP contribution in [-0.2, 0) is 13.0 Å². The van der Waals surface area contributed by atoms with Gasteiger partial charge < -0.3 is 20.3 Å². The van der Waals surface area contributed by atoms with Crippen LogP contribution in [-0.4, -0.2) is 34.4 Å². The second-order valence-corrected chi connectivity index (χ2v) is 3.71. The first-order valence-electron chi connectivity index (χ1n) is 5.19. The summed E-state index contributed by atoms with van der Waals surface area (Å²) in [4.78, 5) is 14.5. The first kappa shape index (κ1) is 13.2. The van der Waals surface area contributed by atoms with Crippen molar-refractivity contribution in [3.8, 4) is 5.88 Å². The van der Waals surface area contributed by atoms with Gasteiger partial charge in [-0.15, -0.1) is 0 Å². The molecule has 1 aromatic rings. The van der Waals surface area contributed by atoms with Gasteiger partial charge in [-0.3, -0.25) is 0 Å². The number of nitrogens with one attached hydrogen (secondary N) is 1. The second kappa shape index (κ2) is 6.05. The van der Waals surface area contributed by atoms with Gasteiger partial charge in [0, 0.05) is 18.3 Å². The third kappa shape index (κ3) is 3.92. The topological polar surface area (TPSA) is 91.7 Å². The number of carbonyl (C=O) groups is 1. The number of nitrogens with zero attached hydrogens (tertiary/aromatic N) is 1. The fourth-order valence-electron chi connectivity index (χ4n) is 1.54. The maximum Gasteiger partial charge on any atom is 0.404 e. The Morgan fingerprint density at radius 1 is 1.59 bits per heavy atom. The highest BCUT2D eigenvalue weighted by Gasteiger charge is 2.11. The number of rotatable bonds is 5. The van der Waals surface area contributed by atoms with E-state index in [4.69, 9.17) is 14.9 Å². The number of ether oxygens (including phenoxy) is 1. The van der Waals surface area contributed by atoms with Crippen molar-refractivity contribution < 1.29 is 19.7 Å². The zero-order chi connectivity index (χ0) is 12.8. The molecule has 1 unspecified atom stereocenters. The molecule has 1 atom stereocenters. The Morgan fingerprint density at radius 3 is 2.82 bits per heavy atom. The minimum absolute atomic E-state index is 0.133. The molecule has 0 spiro atoms. The quantitative estimate of drug-likeness (QED) is 0.707. The Kier molecular flexibility index (Phi) is 4.71. The molecule has 0 aliphatic heterocycles. The van der Waals surface area contributed by atoms with E-state index in [0.29, 0.717) is 17.9 Å². The highest BCUT2D eigenvalue weighted by atomic mass is 16.5. The molecule has 0 bridgehead atoms.